The Morgan fingerprint density at radius 2 is 1.19 bits per heavy atom. The second-order valence-corrected chi connectivity index (χ2v) is 8.50. The Morgan fingerprint density at radius 1 is 0.742 bits per heavy atom. The van der Waals surface area contributed by atoms with Crippen molar-refractivity contribution in [1.82, 2.24) is 21.3 Å². The molecule has 0 fully saturated rings. The minimum atomic E-state index is 0.133. The van der Waals surface area contributed by atoms with Crippen LogP contribution in [0.1, 0.15) is 61.0 Å². The first kappa shape index (κ1) is 26.3. The summed E-state index contributed by atoms with van der Waals surface area (Å²) in [5, 5.41) is 13.3. The number of nitrogens with zero attached hydrogens (tertiary/aromatic N) is 3. The van der Waals surface area contributed by atoms with E-state index in [0.29, 0.717) is 24.4 Å². The molecule has 0 saturated heterocycles. The summed E-state index contributed by atoms with van der Waals surface area (Å²) in [5.74, 6) is 2.72. The maximum atomic E-state index is 5.24. The normalized spacial score (nSPS) is 12.4. The van der Waals surface area contributed by atoms with Gasteiger partial charge in [0.25, 0.3) is 0 Å². The van der Waals surface area contributed by atoms with E-state index < -0.39 is 0 Å². The predicted octanol–water partition coefficient (Wildman–Crippen LogP) is 3.26. The fourth-order valence-electron chi connectivity index (χ4n) is 2.51. The van der Waals surface area contributed by atoms with E-state index in [1.54, 1.807) is 7.11 Å². The molecule has 31 heavy (non-hydrogen) atoms. The number of hydrogen-bond donors (Lipinski definition) is 4. The molecule has 0 aliphatic carbocycles. The van der Waals surface area contributed by atoms with E-state index in [1.807, 2.05) is 52.0 Å². The Hall–Kier alpha value is -2.77. The Balaban J connectivity index is 3.18. The summed E-state index contributed by atoms with van der Waals surface area (Å²) in [4.78, 5) is 14.1. The van der Waals surface area contributed by atoms with Gasteiger partial charge in [0.2, 0.25) is 5.96 Å². The highest BCUT2D eigenvalue weighted by Gasteiger charge is 2.11. The molecule has 0 saturated carbocycles. The molecule has 1 aromatic carbocycles. The number of hydrogen-bond acceptors (Lipinski definition) is 4. The van der Waals surface area contributed by atoms with Crippen LogP contribution in [0.4, 0.5) is 0 Å². The molecule has 0 aliphatic rings. The van der Waals surface area contributed by atoms with Crippen molar-refractivity contribution in [1.29, 1.82) is 0 Å². The molecule has 0 heterocycles. The zero-order valence-corrected chi connectivity index (χ0v) is 20.6. The predicted molar refractivity (Wildman–Crippen MR) is 132 cm³/mol. The molecule has 1 rings (SSSR count). The topological polar surface area (TPSA) is 94.4 Å². The van der Waals surface area contributed by atoms with Gasteiger partial charge in [-0.15, -0.1) is 0 Å². The SMILES string of the molecule is COc1ccc(CN=C(NC(=NC(C)C)NC(C)C)NC(=NC(C)C)NC(C)C)cc1. The van der Waals surface area contributed by atoms with Gasteiger partial charge in [0.1, 0.15) is 5.75 Å². The minimum absolute atomic E-state index is 0.133. The lowest BCUT2D eigenvalue weighted by Gasteiger charge is -2.21. The van der Waals surface area contributed by atoms with Crippen LogP contribution in [0, 0.1) is 0 Å². The molecule has 0 aromatic heterocycles. The van der Waals surface area contributed by atoms with Crippen molar-refractivity contribution in [2.45, 2.75) is 86.1 Å². The van der Waals surface area contributed by atoms with Gasteiger partial charge in [-0.1, -0.05) is 12.1 Å². The summed E-state index contributed by atoms with van der Waals surface area (Å²) in [7, 11) is 1.66. The molecule has 8 nitrogen and oxygen atoms in total. The van der Waals surface area contributed by atoms with Crippen LogP contribution >= 0.6 is 0 Å². The largest absolute Gasteiger partial charge is 0.497 e. The van der Waals surface area contributed by atoms with Crippen molar-refractivity contribution in [2.75, 3.05) is 7.11 Å². The van der Waals surface area contributed by atoms with Crippen LogP contribution in [0.25, 0.3) is 0 Å². The van der Waals surface area contributed by atoms with E-state index in [1.165, 1.54) is 0 Å². The van der Waals surface area contributed by atoms with Crippen molar-refractivity contribution >= 4 is 17.9 Å². The summed E-state index contributed by atoms with van der Waals surface area (Å²) in [5.41, 5.74) is 1.07. The maximum absolute atomic E-state index is 5.24. The molecule has 8 heteroatoms. The molecular weight excluding hydrogens is 390 g/mol. The highest BCUT2D eigenvalue weighted by Crippen LogP contribution is 2.11. The standard InChI is InChI=1S/C23H41N7O/c1-15(2)25-22(26-16(3)4)29-21(30-23(27-17(5)6)28-18(7)8)24-14-19-10-12-20(31-9)13-11-19/h10-13,15-18H,14H2,1-9H3,(H4,24,25,26,27,28,29,30). The molecule has 0 atom stereocenters. The van der Waals surface area contributed by atoms with E-state index in [-0.39, 0.29) is 24.2 Å². The maximum Gasteiger partial charge on any atom is 0.205 e. The van der Waals surface area contributed by atoms with Gasteiger partial charge in [0.05, 0.1) is 13.7 Å². The summed E-state index contributed by atoms with van der Waals surface area (Å²) < 4.78 is 5.24. The van der Waals surface area contributed by atoms with Gasteiger partial charge < -0.3 is 15.4 Å². The average Bonchev–Trinajstić information content (AvgIpc) is 2.64. The van der Waals surface area contributed by atoms with Crippen LogP contribution in [0.5, 0.6) is 5.75 Å². The van der Waals surface area contributed by atoms with Crippen molar-refractivity contribution in [3.8, 4) is 5.75 Å². The van der Waals surface area contributed by atoms with E-state index in [2.05, 4.69) is 58.9 Å². The van der Waals surface area contributed by atoms with Crippen LogP contribution in [0.2, 0.25) is 0 Å². The van der Waals surface area contributed by atoms with Crippen molar-refractivity contribution < 1.29 is 4.74 Å². The zero-order chi connectivity index (χ0) is 23.4. The summed E-state index contributed by atoms with van der Waals surface area (Å²) >= 11 is 0. The van der Waals surface area contributed by atoms with Crippen molar-refractivity contribution in [3.05, 3.63) is 29.8 Å². The highest BCUT2D eigenvalue weighted by atomic mass is 16.5. The lowest BCUT2D eigenvalue weighted by Crippen LogP contribution is -2.54. The Kier molecular flexibility index (Phi) is 11.5. The highest BCUT2D eigenvalue weighted by molar-refractivity contribution is 6.06. The molecule has 0 spiro atoms. The van der Waals surface area contributed by atoms with E-state index in [0.717, 1.165) is 11.3 Å². The first-order valence-corrected chi connectivity index (χ1v) is 11.0. The summed E-state index contributed by atoms with van der Waals surface area (Å²) in [6.45, 7) is 16.9. The molecule has 4 N–H and O–H groups in total. The Bertz CT molecular complexity index is 699. The summed E-state index contributed by atoms with van der Waals surface area (Å²) in [6, 6.07) is 8.60. The van der Waals surface area contributed by atoms with Crippen LogP contribution in [-0.2, 0) is 6.54 Å². The van der Waals surface area contributed by atoms with Gasteiger partial charge in [-0.2, -0.15) is 0 Å². The molecule has 0 aliphatic heterocycles. The van der Waals surface area contributed by atoms with Crippen LogP contribution in [-0.4, -0.2) is 49.2 Å². The summed E-state index contributed by atoms with van der Waals surface area (Å²) in [6.07, 6.45) is 0. The second kappa shape index (κ2) is 13.5. The van der Waals surface area contributed by atoms with Gasteiger partial charge >= 0.3 is 0 Å². The third-order valence-electron chi connectivity index (χ3n) is 3.68. The van der Waals surface area contributed by atoms with Crippen LogP contribution in [0.15, 0.2) is 39.2 Å². The lowest BCUT2D eigenvalue weighted by atomic mass is 10.2. The monoisotopic (exact) mass is 431 g/mol. The Labute approximate surface area is 188 Å². The number of benzene rings is 1. The molecule has 0 amide bonds. The number of nitrogens with one attached hydrogen (secondary N) is 4. The first-order chi connectivity index (χ1) is 14.6. The van der Waals surface area contributed by atoms with Gasteiger partial charge in [-0.3, -0.25) is 20.6 Å². The van der Waals surface area contributed by atoms with E-state index in [4.69, 9.17) is 9.73 Å². The molecular formula is C23H41N7O. The van der Waals surface area contributed by atoms with E-state index in [9.17, 15) is 0 Å². The average molecular weight is 432 g/mol. The molecule has 0 bridgehead atoms. The minimum Gasteiger partial charge on any atom is -0.497 e. The molecule has 174 valence electrons. The second-order valence-electron chi connectivity index (χ2n) is 8.50. The zero-order valence-electron chi connectivity index (χ0n) is 20.6. The Morgan fingerprint density at radius 3 is 1.55 bits per heavy atom. The third kappa shape index (κ3) is 11.9. The fraction of sp³-hybridized carbons (Fsp3) is 0.609. The van der Waals surface area contributed by atoms with Gasteiger partial charge in [-0.05, 0) is 73.1 Å². The van der Waals surface area contributed by atoms with Crippen LogP contribution < -0.4 is 26.0 Å². The molecule has 0 unspecified atom stereocenters. The fourth-order valence-corrected chi connectivity index (χ4v) is 2.51. The molecule has 0 radical (unpaired) electrons. The number of methoxy groups -OCH3 is 1. The lowest BCUT2D eigenvalue weighted by molar-refractivity contribution is 0.414. The van der Waals surface area contributed by atoms with E-state index >= 15 is 0 Å². The number of aliphatic imine (C=N–C) groups is 3. The first-order valence-electron chi connectivity index (χ1n) is 11.0. The number of rotatable bonds is 7. The smallest absolute Gasteiger partial charge is 0.205 e. The van der Waals surface area contributed by atoms with Gasteiger partial charge in [0.15, 0.2) is 11.9 Å². The van der Waals surface area contributed by atoms with Crippen molar-refractivity contribution in [3.63, 3.8) is 0 Å². The third-order valence-corrected chi connectivity index (χ3v) is 3.68. The quantitative estimate of drug-likeness (QED) is 0.393. The number of guanidine groups is 3. The van der Waals surface area contributed by atoms with Gasteiger partial charge in [-0.25, -0.2) is 4.99 Å². The van der Waals surface area contributed by atoms with Crippen LogP contribution in [0.3, 0.4) is 0 Å². The number of ether oxygens (including phenoxy) is 1. The van der Waals surface area contributed by atoms with Gasteiger partial charge in [0, 0.05) is 24.2 Å². The molecule has 1 aromatic rings. The van der Waals surface area contributed by atoms with Crippen molar-refractivity contribution in [2.24, 2.45) is 15.0 Å².